The van der Waals surface area contributed by atoms with Crippen LogP contribution < -0.4 is 10.5 Å². The molecule has 0 aliphatic heterocycles. The molecule has 1 aromatic heterocycles. The van der Waals surface area contributed by atoms with E-state index < -0.39 is 0 Å². The van der Waals surface area contributed by atoms with E-state index >= 15 is 0 Å². The molecule has 0 spiro atoms. The Balaban J connectivity index is 2.45. The number of hydrogen-bond acceptors (Lipinski definition) is 3. The number of hydrogen-bond donors (Lipinski definition) is 3. The molecule has 4 N–H and O–H groups in total. The molecule has 0 aliphatic carbocycles. The van der Waals surface area contributed by atoms with Gasteiger partial charge in [-0.1, -0.05) is 0 Å². The predicted molar refractivity (Wildman–Crippen MR) is 63.5 cm³/mol. The average molecular weight is 220 g/mol. The number of H-pyrrole nitrogens is 1. The van der Waals surface area contributed by atoms with Gasteiger partial charge in [0.25, 0.3) is 0 Å². The van der Waals surface area contributed by atoms with Gasteiger partial charge < -0.3 is 20.6 Å². The van der Waals surface area contributed by atoms with Gasteiger partial charge in [0.1, 0.15) is 5.75 Å². The van der Waals surface area contributed by atoms with Crippen molar-refractivity contribution in [2.45, 2.75) is 12.5 Å². The zero-order chi connectivity index (χ0) is 11.5. The first-order chi connectivity index (χ1) is 7.76. The Hall–Kier alpha value is -1.52. The second-order valence-electron chi connectivity index (χ2n) is 3.77. The van der Waals surface area contributed by atoms with Gasteiger partial charge in [0.2, 0.25) is 0 Å². The van der Waals surface area contributed by atoms with E-state index in [1.807, 2.05) is 24.4 Å². The molecule has 1 unspecified atom stereocenters. The van der Waals surface area contributed by atoms with E-state index in [-0.39, 0.29) is 12.6 Å². The quantitative estimate of drug-likeness (QED) is 0.732. The first kappa shape index (κ1) is 11.0. The van der Waals surface area contributed by atoms with Crippen LogP contribution in [0, 0.1) is 0 Å². The maximum absolute atomic E-state index is 8.89. The Morgan fingerprint density at radius 1 is 1.50 bits per heavy atom. The molecule has 0 saturated carbocycles. The molecular weight excluding hydrogens is 204 g/mol. The van der Waals surface area contributed by atoms with Crippen molar-refractivity contribution in [3.8, 4) is 5.75 Å². The third-order valence-electron chi connectivity index (χ3n) is 2.76. The molecule has 86 valence electrons. The highest BCUT2D eigenvalue weighted by Crippen LogP contribution is 2.27. The highest BCUT2D eigenvalue weighted by molar-refractivity contribution is 5.85. The summed E-state index contributed by atoms with van der Waals surface area (Å²) in [5.41, 5.74) is 8.04. The fourth-order valence-electron chi connectivity index (χ4n) is 1.85. The molecule has 4 nitrogen and oxygen atoms in total. The summed E-state index contributed by atoms with van der Waals surface area (Å²) in [6.07, 6.45) is 2.45. The number of aromatic amines is 1. The number of nitrogens with one attached hydrogen (secondary N) is 1. The van der Waals surface area contributed by atoms with Crippen molar-refractivity contribution >= 4 is 10.9 Å². The summed E-state index contributed by atoms with van der Waals surface area (Å²) in [7, 11) is 1.64. The number of ether oxygens (including phenoxy) is 1. The molecule has 16 heavy (non-hydrogen) atoms. The number of aliphatic hydroxyl groups is 1. The minimum absolute atomic E-state index is 0.0950. The van der Waals surface area contributed by atoms with Crippen LogP contribution in [0.2, 0.25) is 0 Å². The van der Waals surface area contributed by atoms with Crippen molar-refractivity contribution in [2.24, 2.45) is 5.73 Å². The number of nitrogens with two attached hydrogens (primary N) is 1. The summed E-state index contributed by atoms with van der Waals surface area (Å²) in [5, 5.41) is 9.95. The van der Waals surface area contributed by atoms with Crippen LogP contribution in [0.5, 0.6) is 5.75 Å². The summed E-state index contributed by atoms with van der Waals surface area (Å²) in [6.45, 7) is 0.0950. The third-order valence-corrected chi connectivity index (χ3v) is 2.76. The van der Waals surface area contributed by atoms with Crippen molar-refractivity contribution in [3.63, 3.8) is 0 Å². The molecule has 4 heteroatoms. The smallest absolute Gasteiger partial charge is 0.119 e. The van der Waals surface area contributed by atoms with E-state index in [4.69, 9.17) is 15.6 Å². The molecular formula is C12H16N2O2. The maximum Gasteiger partial charge on any atom is 0.119 e. The summed E-state index contributed by atoms with van der Waals surface area (Å²) < 4.78 is 5.18. The lowest BCUT2D eigenvalue weighted by molar-refractivity contribution is 0.277. The van der Waals surface area contributed by atoms with E-state index in [2.05, 4.69) is 4.98 Å². The van der Waals surface area contributed by atoms with Crippen molar-refractivity contribution in [1.82, 2.24) is 4.98 Å². The summed E-state index contributed by atoms with van der Waals surface area (Å²) in [6, 6.07) is 5.67. The Labute approximate surface area is 94.0 Å². The van der Waals surface area contributed by atoms with Crippen LogP contribution in [-0.2, 0) is 0 Å². The molecule has 0 aliphatic rings. The van der Waals surface area contributed by atoms with E-state index in [1.54, 1.807) is 7.11 Å². The number of benzene rings is 1. The summed E-state index contributed by atoms with van der Waals surface area (Å²) in [5.74, 6) is 0.810. The lowest BCUT2D eigenvalue weighted by atomic mass is 10.0. The minimum atomic E-state index is -0.147. The first-order valence-corrected chi connectivity index (χ1v) is 5.27. The largest absolute Gasteiger partial charge is 0.497 e. The van der Waals surface area contributed by atoms with Crippen molar-refractivity contribution in [3.05, 3.63) is 30.0 Å². The Morgan fingerprint density at radius 3 is 3.00 bits per heavy atom. The Morgan fingerprint density at radius 2 is 2.31 bits per heavy atom. The second kappa shape index (κ2) is 4.55. The van der Waals surface area contributed by atoms with Crippen LogP contribution in [0.3, 0.4) is 0 Å². The van der Waals surface area contributed by atoms with Gasteiger partial charge in [0.05, 0.1) is 7.11 Å². The number of aliphatic hydroxyl groups excluding tert-OH is 1. The van der Waals surface area contributed by atoms with Crippen molar-refractivity contribution in [1.29, 1.82) is 0 Å². The highest BCUT2D eigenvalue weighted by Gasteiger charge is 2.11. The molecule has 0 saturated heterocycles. The molecule has 0 radical (unpaired) electrons. The molecule has 1 heterocycles. The standard InChI is InChI=1S/C12H16N2O2/c1-16-8-2-3-12-9(6-8)10(7-14-12)11(13)4-5-15/h2-3,6-7,11,14-15H,4-5,13H2,1H3. The zero-order valence-electron chi connectivity index (χ0n) is 9.23. The van der Waals surface area contributed by atoms with Crippen molar-refractivity contribution < 1.29 is 9.84 Å². The SMILES string of the molecule is COc1ccc2[nH]cc(C(N)CCO)c2c1. The molecule has 0 bridgehead atoms. The predicted octanol–water partition coefficient (Wildman–Crippen LogP) is 1.56. The molecule has 1 aromatic carbocycles. The normalized spacial score (nSPS) is 12.9. The Bertz CT molecular complexity index is 479. The van der Waals surface area contributed by atoms with Gasteiger partial charge in [0.15, 0.2) is 0 Å². The van der Waals surface area contributed by atoms with Crippen LogP contribution in [-0.4, -0.2) is 23.8 Å². The van der Waals surface area contributed by atoms with Gasteiger partial charge >= 0.3 is 0 Å². The maximum atomic E-state index is 8.89. The van der Waals surface area contributed by atoms with Crippen LogP contribution in [0.25, 0.3) is 10.9 Å². The van der Waals surface area contributed by atoms with E-state index in [0.29, 0.717) is 6.42 Å². The van der Waals surface area contributed by atoms with Gasteiger partial charge in [-0.3, -0.25) is 0 Å². The number of rotatable bonds is 4. The average Bonchev–Trinajstić information content (AvgIpc) is 2.71. The van der Waals surface area contributed by atoms with Crippen LogP contribution in [0.4, 0.5) is 0 Å². The summed E-state index contributed by atoms with van der Waals surface area (Å²) >= 11 is 0. The topological polar surface area (TPSA) is 71.3 Å². The second-order valence-corrected chi connectivity index (χ2v) is 3.77. The first-order valence-electron chi connectivity index (χ1n) is 5.27. The Kier molecular flexibility index (Phi) is 3.12. The minimum Gasteiger partial charge on any atom is -0.497 e. The van der Waals surface area contributed by atoms with Gasteiger partial charge in [-0.05, 0) is 30.2 Å². The van der Waals surface area contributed by atoms with E-state index in [1.165, 1.54) is 0 Å². The van der Waals surface area contributed by atoms with Crippen molar-refractivity contribution in [2.75, 3.05) is 13.7 Å². The van der Waals surface area contributed by atoms with Crippen LogP contribution in [0.1, 0.15) is 18.0 Å². The lowest BCUT2D eigenvalue weighted by Crippen LogP contribution is -2.11. The number of aromatic nitrogens is 1. The van der Waals surface area contributed by atoms with E-state index in [9.17, 15) is 0 Å². The third kappa shape index (κ3) is 1.89. The zero-order valence-corrected chi connectivity index (χ0v) is 9.23. The molecule has 2 rings (SSSR count). The lowest BCUT2D eigenvalue weighted by Gasteiger charge is -2.08. The highest BCUT2D eigenvalue weighted by atomic mass is 16.5. The fraction of sp³-hybridized carbons (Fsp3) is 0.333. The van der Waals surface area contributed by atoms with Crippen LogP contribution >= 0.6 is 0 Å². The summed E-state index contributed by atoms with van der Waals surface area (Å²) in [4.78, 5) is 3.16. The van der Waals surface area contributed by atoms with Gasteiger partial charge in [-0.25, -0.2) is 0 Å². The number of methoxy groups -OCH3 is 1. The van der Waals surface area contributed by atoms with Gasteiger partial charge in [0, 0.05) is 29.7 Å². The molecule has 0 amide bonds. The van der Waals surface area contributed by atoms with Gasteiger partial charge in [-0.15, -0.1) is 0 Å². The van der Waals surface area contributed by atoms with Gasteiger partial charge in [-0.2, -0.15) is 0 Å². The van der Waals surface area contributed by atoms with E-state index in [0.717, 1.165) is 22.2 Å². The number of fused-ring (bicyclic) bond motifs is 1. The molecule has 0 fully saturated rings. The molecule has 2 aromatic rings. The van der Waals surface area contributed by atoms with Crippen LogP contribution in [0.15, 0.2) is 24.4 Å². The molecule has 1 atom stereocenters. The monoisotopic (exact) mass is 220 g/mol. The fourth-order valence-corrected chi connectivity index (χ4v) is 1.85.